The smallest absolute Gasteiger partial charge is 0.282 e. The molecule has 0 fully saturated rings. The maximum absolute atomic E-state index is 13.0. The molecule has 2 aromatic carbocycles. The van der Waals surface area contributed by atoms with E-state index >= 15 is 0 Å². The molecule has 2 aromatic rings. The van der Waals surface area contributed by atoms with Crippen molar-refractivity contribution in [3.63, 3.8) is 0 Å². The van der Waals surface area contributed by atoms with Crippen LogP contribution in [0.5, 0.6) is 0 Å². The number of nitrogens with one attached hydrogen (secondary N) is 2. The number of halogens is 2. The van der Waals surface area contributed by atoms with Gasteiger partial charge in [0.1, 0.15) is 11.6 Å². The van der Waals surface area contributed by atoms with Crippen LogP contribution in [0.15, 0.2) is 48.5 Å². The second-order valence-electron chi connectivity index (χ2n) is 5.98. The summed E-state index contributed by atoms with van der Waals surface area (Å²) < 4.78 is 25.9. The molecule has 0 aliphatic heterocycles. The zero-order valence-corrected chi connectivity index (χ0v) is 14.8. The van der Waals surface area contributed by atoms with Crippen LogP contribution >= 0.6 is 0 Å². The third-order valence-electron chi connectivity index (χ3n) is 3.80. The van der Waals surface area contributed by atoms with Gasteiger partial charge in [-0.25, -0.2) is 8.78 Å². The number of hydrogen-bond acceptors (Lipinski definition) is 2. The van der Waals surface area contributed by atoms with E-state index in [-0.39, 0.29) is 36.5 Å². The topological polar surface area (TPSA) is 53.9 Å². The summed E-state index contributed by atoms with van der Waals surface area (Å²) in [4.78, 5) is 26.8. The molecule has 0 aliphatic rings. The van der Waals surface area contributed by atoms with Crippen LogP contribution in [-0.4, -0.2) is 38.5 Å². The number of rotatable bonds is 7. The van der Waals surface area contributed by atoms with Gasteiger partial charge in [-0.1, -0.05) is 0 Å². The minimum absolute atomic E-state index is 0.0874. The number of anilines is 2. The number of carbonyl (C=O) groups is 2. The molecule has 5 nitrogen and oxygen atoms in total. The maximum Gasteiger partial charge on any atom is 0.282 e. The number of nitrogens with zero attached hydrogens (tertiary/aromatic N) is 1. The zero-order chi connectivity index (χ0) is 19.1. The van der Waals surface area contributed by atoms with Gasteiger partial charge >= 0.3 is 0 Å². The highest BCUT2D eigenvalue weighted by Crippen LogP contribution is 2.14. The van der Waals surface area contributed by atoms with E-state index in [4.69, 9.17) is 0 Å². The lowest BCUT2D eigenvalue weighted by Gasteiger charge is -2.22. The number of hydrogen-bond donors (Lipinski definition) is 2. The highest BCUT2D eigenvalue weighted by molar-refractivity contribution is 5.94. The van der Waals surface area contributed by atoms with E-state index in [1.165, 1.54) is 36.4 Å². The van der Waals surface area contributed by atoms with Gasteiger partial charge in [0.05, 0.1) is 7.05 Å². The van der Waals surface area contributed by atoms with Crippen molar-refractivity contribution in [3.8, 4) is 0 Å². The second-order valence-corrected chi connectivity index (χ2v) is 5.98. The molecule has 26 heavy (non-hydrogen) atoms. The van der Waals surface area contributed by atoms with Crippen molar-refractivity contribution in [2.24, 2.45) is 0 Å². The highest BCUT2D eigenvalue weighted by Gasteiger charge is 2.20. The van der Waals surface area contributed by atoms with Crippen molar-refractivity contribution in [1.82, 2.24) is 0 Å². The SMILES string of the molecule is CCN(C(=O)C[NH+](C)CC(=O)Nc1ccc(F)cc1)c1ccc(F)cc1. The average molecular weight is 362 g/mol. The lowest BCUT2D eigenvalue weighted by atomic mass is 10.2. The van der Waals surface area contributed by atoms with Crippen LogP contribution < -0.4 is 15.1 Å². The molecule has 2 rings (SSSR count). The Balaban J connectivity index is 1.89. The predicted octanol–water partition coefficient (Wildman–Crippen LogP) is 1.47. The molecular weight excluding hydrogens is 340 g/mol. The Hall–Kier alpha value is -2.80. The molecule has 0 aliphatic carbocycles. The van der Waals surface area contributed by atoms with Gasteiger partial charge in [0.25, 0.3) is 11.8 Å². The van der Waals surface area contributed by atoms with Crippen LogP contribution in [0.2, 0.25) is 0 Å². The summed E-state index contributed by atoms with van der Waals surface area (Å²) in [6.45, 7) is 2.48. The zero-order valence-electron chi connectivity index (χ0n) is 14.8. The monoisotopic (exact) mass is 362 g/mol. The molecule has 0 bridgehead atoms. The Kier molecular flexibility index (Phi) is 6.80. The number of quaternary nitrogens is 1. The van der Waals surface area contributed by atoms with Crippen molar-refractivity contribution in [2.75, 3.05) is 36.9 Å². The minimum Gasteiger partial charge on any atom is -0.322 e. The Labute approximate surface area is 151 Å². The maximum atomic E-state index is 13.0. The van der Waals surface area contributed by atoms with Gasteiger partial charge < -0.3 is 15.1 Å². The fourth-order valence-electron chi connectivity index (χ4n) is 2.55. The second kappa shape index (κ2) is 9.05. The number of likely N-dealkylation sites (N-methyl/N-ethyl adjacent to an activating group) is 2. The van der Waals surface area contributed by atoms with Crippen LogP contribution in [0.3, 0.4) is 0 Å². The van der Waals surface area contributed by atoms with Crippen molar-refractivity contribution >= 4 is 23.2 Å². The quantitative estimate of drug-likeness (QED) is 0.784. The first-order valence-electron chi connectivity index (χ1n) is 8.31. The first-order valence-corrected chi connectivity index (χ1v) is 8.31. The van der Waals surface area contributed by atoms with Gasteiger partial charge in [-0.15, -0.1) is 0 Å². The molecule has 0 aromatic heterocycles. The molecule has 2 N–H and O–H groups in total. The molecule has 0 radical (unpaired) electrons. The standard InChI is InChI=1S/C19H21F2N3O2/c1-3-24(17-10-6-15(21)7-11-17)19(26)13-23(2)12-18(25)22-16-8-4-14(20)5-9-16/h4-11H,3,12-13H2,1-2H3,(H,22,25)/p+1. The molecule has 0 heterocycles. The summed E-state index contributed by atoms with van der Waals surface area (Å²) in [5.74, 6) is -1.17. The van der Waals surface area contributed by atoms with Crippen molar-refractivity contribution in [2.45, 2.75) is 6.92 Å². The Bertz CT molecular complexity index is 748. The highest BCUT2D eigenvalue weighted by atomic mass is 19.1. The van der Waals surface area contributed by atoms with Gasteiger partial charge in [-0.2, -0.15) is 0 Å². The van der Waals surface area contributed by atoms with Gasteiger partial charge in [0.2, 0.25) is 0 Å². The van der Waals surface area contributed by atoms with E-state index in [1.54, 1.807) is 24.1 Å². The van der Waals surface area contributed by atoms with E-state index in [2.05, 4.69) is 5.32 Å². The average Bonchev–Trinajstić information content (AvgIpc) is 2.59. The molecule has 138 valence electrons. The molecule has 7 heteroatoms. The summed E-state index contributed by atoms with van der Waals surface area (Å²) in [6.07, 6.45) is 0. The summed E-state index contributed by atoms with van der Waals surface area (Å²) in [6, 6.07) is 11.2. The summed E-state index contributed by atoms with van der Waals surface area (Å²) in [5.41, 5.74) is 1.11. The van der Waals surface area contributed by atoms with Gasteiger partial charge in [-0.05, 0) is 55.5 Å². The summed E-state index contributed by atoms with van der Waals surface area (Å²) >= 11 is 0. The van der Waals surface area contributed by atoms with Crippen molar-refractivity contribution in [3.05, 3.63) is 60.2 Å². The third-order valence-corrected chi connectivity index (χ3v) is 3.80. The number of amides is 2. The first-order chi connectivity index (χ1) is 12.4. The van der Waals surface area contributed by atoms with Crippen LogP contribution in [0.4, 0.5) is 20.2 Å². The van der Waals surface area contributed by atoms with Gasteiger partial charge in [-0.3, -0.25) is 9.59 Å². The molecule has 1 unspecified atom stereocenters. The number of benzene rings is 2. The molecule has 0 saturated heterocycles. The van der Waals surface area contributed by atoms with E-state index < -0.39 is 0 Å². The van der Waals surface area contributed by atoms with E-state index in [1.807, 2.05) is 6.92 Å². The van der Waals surface area contributed by atoms with Crippen molar-refractivity contribution in [1.29, 1.82) is 0 Å². The van der Waals surface area contributed by atoms with Crippen molar-refractivity contribution < 1.29 is 23.3 Å². The fourth-order valence-corrected chi connectivity index (χ4v) is 2.55. The Morgan fingerprint density at radius 1 is 0.962 bits per heavy atom. The van der Waals surface area contributed by atoms with Crippen LogP contribution in [0.25, 0.3) is 0 Å². The normalized spacial score (nSPS) is 11.7. The van der Waals surface area contributed by atoms with Gasteiger partial charge in [0.15, 0.2) is 13.1 Å². The van der Waals surface area contributed by atoms with Crippen LogP contribution in [0.1, 0.15) is 6.92 Å². The third kappa shape index (κ3) is 5.63. The molecule has 1 atom stereocenters. The lowest BCUT2D eigenvalue weighted by Crippen LogP contribution is -3.11. The Morgan fingerprint density at radius 2 is 1.50 bits per heavy atom. The molecule has 2 amide bonds. The summed E-state index contributed by atoms with van der Waals surface area (Å²) in [7, 11) is 1.74. The lowest BCUT2D eigenvalue weighted by molar-refractivity contribution is -0.862. The summed E-state index contributed by atoms with van der Waals surface area (Å²) in [5, 5.41) is 2.66. The largest absolute Gasteiger partial charge is 0.322 e. The minimum atomic E-state index is -0.378. The molecule has 0 spiro atoms. The first kappa shape index (κ1) is 19.5. The van der Waals surface area contributed by atoms with Crippen LogP contribution in [0, 0.1) is 11.6 Å². The molecular formula is C19H22F2N3O2+. The van der Waals surface area contributed by atoms with E-state index in [0.717, 1.165) is 0 Å². The fraction of sp³-hybridized carbons (Fsp3) is 0.263. The van der Waals surface area contributed by atoms with Gasteiger partial charge in [0, 0.05) is 17.9 Å². The van der Waals surface area contributed by atoms with E-state index in [0.29, 0.717) is 22.8 Å². The van der Waals surface area contributed by atoms with E-state index in [9.17, 15) is 18.4 Å². The number of carbonyl (C=O) groups excluding carboxylic acids is 2. The van der Waals surface area contributed by atoms with Crippen LogP contribution in [-0.2, 0) is 9.59 Å². The Morgan fingerprint density at radius 3 is 2.04 bits per heavy atom. The predicted molar refractivity (Wildman–Crippen MR) is 96.1 cm³/mol. The molecule has 0 saturated carbocycles.